The molecule has 0 spiro atoms. The first kappa shape index (κ1) is 12.5. The molecule has 1 aromatic rings. The van der Waals surface area contributed by atoms with Gasteiger partial charge in [-0.1, -0.05) is 31.5 Å². The van der Waals surface area contributed by atoms with Gasteiger partial charge >= 0.3 is 0 Å². The van der Waals surface area contributed by atoms with Crippen molar-refractivity contribution in [2.24, 2.45) is 5.92 Å². The maximum absolute atomic E-state index is 5.76. The van der Waals surface area contributed by atoms with Gasteiger partial charge in [-0.3, -0.25) is 0 Å². The minimum atomic E-state index is 0.530. The van der Waals surface area contributed by atoms with E-state index in [4.69, 9.17) is 5.73 Å². The number of thioether (sulfide) groups is 1. The van der Waals surface area contributed by atoms with Crippen LogP contribution in [0.5, 0.6) is 0 Å². The maximum atomic E-state index is 5.76. The van der Waals surface area contributed by atoms with Gasteiger partial charge < -0.3 is 11.1 Å². The van der Waals surface area contributed by atoms with Crippen LogP contribution in [0.15, 0.2) is 11.2 Å². The number of nitrogens with two attached hydrogens (primary N) is 1. The number of hydrogen-bond donors (Lipinski definition) is 2. The van der Waals surface area contributed by atoms with Crippen molar-refractivity contribution in [3.8, 4) is 0 Å². The summed E-state index contributed by atoms with van der Waals surface area (Å²) in [5.74, 6) is 2.21. The van der Waals surface area contributed by atoms with Crippen LogP contribution in [0.1, 0.15) is 32.6 Å². The normalized spacial score (nSPS) is 24.6. The van der Waals surface area contributed by atoms with Gasteiger partial charge in [-0.05, 0) is 25.0 Å². The summed E-state index contributed by atoms with van der Waals surface area (Å²) in [6.07, 6.45) is 7.05. The summed E-state index contributed by atoms with van der Waals surface area (Å²) in [4.78, 5) is 8.58. The first-order chi connectivity index (χ1) is 8.17. The predicted molar refractivity (Wildman–Crippen MR) is 73.3 cm³/mol. The number of nitrogen functional groups attached to an aromatic ring is 1. The summed E-state index contributed by atoms with van der Waals surface area (Å²) in [5, 5.41) is 4.22. The molecule has 0 radical (unpaired) electrons. The molecule has 0 saturated heterocycles. The summed E-state index contributed by atoms with van der Waals surface area (Å²) >= 11 is 1.52. The Kier molecular flexibility index (Phi) is 4.10. The van der Waals surface area contributed by atoms with Crippen molar-refractivity contribution in [2.75, 3.05) is 17.3 Å². The van der Waals surface area contributed by atoms with E-state index in [1.54, 1.807) is 0 Å². The smallest absolute Gasteiger partial charge is 0.191 e. The van der Waals surface area contributed by atoms with E-state index in [0.717, 1.165) is 16.9 Å². The maximum Gasteiger partial charge on any atom is 0.191 e. The molecule has 5 heteroatoms. The van der Waals surface area contributed by atoms with E-state index in [0.29, 0.717) is 11.9 Å². The monoisotopic (exact) mass is 252 g/mol. The Labute approximate surface area is 107 Å². The SMILES string of the molecule is CSc1nc(N)cc(NC2CCCC(C)C2)n1. The fraction of sp³-hybridized carbons (Fsp3) is 0.667. The second-order valence-corrected chi connectivity index (χ2v) is 5.55. The van der Waals surface area contributed by atoms with E-state index in [-0.39, 0.29) is 0 Å². The van der Waals surface area contributed by atoms with Gasteiger partial charge in [0.2, 0.25) is 0 Å². The second-order valence-electron chi connectivity index (χ2n) is 4.78. The van der Waals surface area contributed by atoms with Crippen LogP contribution in [0.2, 0.25) is 0 Å². The zero-order valence-corrected chi connectivity index (χ0v) is 11.3. The molecule has 1 aromatic heterocycles. The number of anilines is 2. The van der Waals surface area contributed by atoms with Crippen molar-refractivity contribution in [3.63, 3.8) is 0 Å². The van der Waals surface area contributed by atoms with Crippen molar-refractivity contribution in [3.05, 3.63) is 6.07 Å². The van der Waals surface area contributed by atoms with Crippen molar-refractivity contribution in [1.29, 1.82) is 0 Å². The van der Waals surface area contributed by atoms with Crippen molar-refractivity contribution in [1.82, 2.24) is 9.97 Å². The second kappa shape index (κ2) is 5.58. The van der Waals surface area contributed by atoms with Gasteiger partial charge in [-0.15, -0.1) is 0 Å². The average Bonchev–Trinajstić information content (AvgIpc) is 2.28. The lowest BCUT2D eigenvalue weighted by molar-refractivity contribution is 0.358. The molecule has 3 N–H and O–H groups in total. The number of hydrogen-bond acceptors (Lipinski definition) is 5. The molecule has 4 nitrogen and oxygen atoms in total. The summed E-state index contributed by atoms with van der Waals surface area (Å²) in [5.41, 5.74) is 5.76. The summed E-state index contributed by atoms with van der Waals surface area (Å²) < 4.78 is 0. The Morgan fingerprint density at radius 2 is 2.24 bits per heavy atom. The van der Waals surface area contributed by atoms with Crippen LogP contribution in [-0.2, 0) is 0 Å². The van der Waals surface area contributed by atoms with Gasteiger partial charge in [0.1, 0.15) is 11.6 Å². The van der Waals surface area contributed by atoms with Gasteiger partial charge in [0.05, 0.1) is 0 Å². The molecule has 0 aromatic carbocycles. The molecule has 1 aliphatic rings. The number of nitrogens with zero attached hydrogens (tertiary/aromatic N) is 2. The number of aromatic nitrogens is 2. The predicted octanol–water partition coefficient (Wildman–Crippen LogP) is 2.77. The molecule has 1 aliphatic carbocycles. The third-order valence-corrected chi connectivity index (χ3v) is 3.74. The molecule has 17 heavy (non-hydrogen) atoms. The van der Waals surface area contributed by atoms with Crippen molar-refractivity contribution < 1.29 is 0 Å². The van der Waals surface area contributed by atoms with E-state index in [1.807, 2.05) is 12.3 Å². The van der Waals surface area contributed by atoms with E-state index < -0.39 is 0 Å². The van der Waals surface area contributed by atoms with Crippen LogP contribution in [0, 0.1) is 5.92 Å². The first-order valence-corrected chi connectivity index (χ1v) is 7.35. The van der Waals surface area contributed by atoms with Crippen LogP contribution in [0.4, 0.5) is 11.6 Å². The summed E-state index contributed by atoms with van der Waals surface area (Å²) in [6.45, 7) is 2.31. The molecule has 94 valence electrons. The summed E-state index contributed by atoms with van der Waals surface area (Å²) in [6, 6.07) is 2.35. The van der Waals surface area contributed by atoms with Crippen LogP contribution >= 0.6 is 11.8 Å². The average molecular weight is 252 g/mol. The van der Waals surface area contributed by atoms with Crippen LogP contribution < -0.4 is 11.1 Å². The Hall–Kier alpha value is -0.970. The van der Waals surface area contributed by atoms with Crippen molar-refractivity contribution in [2.45, 2.75) is 43.8 Å². The highest BCUT2D eigenvalue weighted by atomic mass is 32.2. The highest BCUT2D eigenvalue weighted by Gasteiger charge is 2.19. The molecule has 2 unspecified atom stereocenters. The van der Waals surface area contributed by atoms with Gasteiger partial charge in [-0.25, -0.2) is 9.97 Å². The molecule has 0 aliphatic heterocycles. The van der Waals surface area contributed by atoms with Gasteiger partial charge in [0.15, 0.2) is 5.16 Å². The molecule has 2 rings (SSSR count). The Balaban J connectivity index is 2.04. The quantitative estimate of drug-likeness (QED) is 0.639. The zero-order valence-electron chi connectivity index (χ0n) is 10.4. The van der Waals surface area contributed by atoms with Crippen LogP contribution in [0.25, 0.3) is 0 Å². The minimum absolute atomic E-state index is 0.530. The van der Waals surface area contributed by atoms with E-state index in [2.05, 4.69) is 22.2 Å². The van der Waals surface area contributed by atoms with E-state index in [1.165, 1.54) is 37.4 Å². The lowest BCUT2D eigenvalue weighted by Gasteiger charge is -2.27. The highest BCUT2D eigenvalue weighted by Crippen LogP contribution is 2.26. The van der Waals surface area contributed by atoms with Gasteiger partial charge in [0.25, 0.3) is 0 Å². The molecular formula is C12H20N4S. The van der Waals surface area contributed by atoms with Gasteiger partial charge in [-0.2, -0.15) is 0 Å². The fourth-order valence-electron chi connectivity index (χ4n) is 2.38. The summed E-state index contributed by atoms with van der Waals surface area (Å²) in [7, 11) is 0. The minimum Gasteiger partial charge on any atom is -0.383 e. The van der Waals surface area contributed by atoms with Crippen LogP contribution in [0.3, 0.4) is 0 Å². The topological polar surface area (TPSA) is 63.8 Å². The molecule has 0 bridgehead atoms. The third-order valence-electron chi connectivity index (χ3n) is 3.20. The molecule has 1 fully saturated rings. The van der Waals surface area contributed by atoms with Crippen LogP contribution in [-0.4, -0.2) is 22.3 Å². The van der Waals surface area contributed by atoms with E-state index >= 15 is 0 Å². The fourth-order valence-corrected chi connectivity index (χ4v) is 2.77. The number of nitrogens with one attached hydrogen (secondary N) is 1. The molecule has 1 heterocycles. The molecule has 1 saturated carbocycles. The Morgan fingerprint density at radius 1 is 1.41 bits per heavy atom. The highest BCUT2D eigenvalue weighted by molar-refractivity contribution is 7.98. The Bertz CT molecular complexity index is 383. The van der Waals surface area contributed by atoms with E-state index in [9.17, 15) is 0 Å². The Morgan fingerprint density at radius 3 is 2.94 bits per heavy atom. The third kappa shape index (κ3) is 3.49. The van der Waals surface area contributed by atoms with Crippen molar-refractivity contribution >= 4 is 23.4 Å². The lowest BCUT2D eigenvalue weighted by atomic mass is 9.87. The molecule has 2 atom stereocenters. The lowest BCUT2D eigenvalue weighted by Crippen LogP contribution is -2.26. The zero-order chi connectivity index (χ0) is 12.3. The molecular weight excluding hydrogens is 232 g/mol. The first-order valence-electron chi connectivity index (χ1n) is 6.12. The van der Waals surface area contributed by atoms with Gasteiger partial charge in [0, 0.05) is 12.1 Å². The largest absolute Gasteiger partial charge is 0.383 e. The standard InChI is InChI=1S/C12H20N4S/c1-8-4-3-5-9(6-8)14-11-7-10(13)15-12(16-11)17-2/h7-9H,3-6H2,1-2H3,(H3,13,14,15,16). The number of rotatable bonds is 3. The molecule has 0 amide bonds.